The molecule has 0 radical (unpaired) electrons. The van der Waals surface area contributed by atoms with Crippen molar-refractivity contribution in [3.63, 3.8) is 0 Å². The molecule has 2 saturated carbocycles. The predicted molar refractivity (Wildman–Crippen MR) is 90.1 cm³/mol. The first-order valence-electron chi connectivity index (χ1n) is 8.18. The number of pyridine rings is 1. The number of aromatic nitrogens is 1. The number of carbonyl (C=O) groups is 1. The summed E-state index contributed by atoms with van der Waals surface area (Å²) < 4.78 is 0. The summed E-state index contributed by atoms with van der Waals surface area (Å²) in [6, 6.07) is 14.2. The molecule has 2 aromatic rings. The van der Waals surface area contributed by atoms with Gasteiger partial charge in [0.25, 0.3) is 0 Å². The fourth-order valence-electron chi connectivity index (χ4n) is 3.20. The van der Waals surface area contributed by atoms with Gasteiger partial charge in [0, 0.05) is 23.2 Å². The van der Waals surface area contributed by atoms with E-state index in [-0.39, 0.29) is 11.8 Å². The summed E-state index contributed by atoms with van der Waals surface area (Å²) in [7, 11) is 0. The van der Waals surface area contributed by atoms with Crippen molar-refractivity contribution in [3.8, 4) is 0 Å². The van der Waals surface area contributed by atoms with E-state index < -0.39 is 0 Å². The summed E-state index contributed by atoms with van der Waals surface area (Å²) in [6.07, 6.45) is 4.98. The second kappa shape index (κ2) is 5.97. The van der Waals surface area contributed by atoms with Crippen LogP contribution >= 0.6 is 11.6 Å². The maximum Gasteiger partial charge on any atom is 0.226 e. The van der Waals surface area contributed by atoms with Crippen molar-refractivity contribution in [2.24, 2.45) is 5.92 Å². The van der Waals surface area contributed by atoms with Crippen LogP contribution in [0.3, 0.4) is 0 Å². The standard InChI is InChI=1S/C19H19ClN2O/c20-14-6-4-13(5-7-14)17-11-18(17)19(23)22(16-8-9-16)12-15-3-1-2-10-21-15/h1-7,10,16-18H,8-9,11-12H2/t17-,18-/m0/s1. The Balaban J connectivity index is 1.46. The first kappa shape index (κ1) is 14.7. The van der Waals surface area contributed by atoms with Crippen LogP contribution in [0.15, 0.2) is 48.7 Å². The number of rotatable bonds is 5. The zero-order chi connectivity index (χ0) is 15.8. The fraction of sp³-hybridized carbons (Fsp3) is 0.368. The molecule has 1 aromatic heterocycles. The fourth-order valence-corrected chi connectivity index (χ4v) is 3.32. The molecular formula is C19H19ClN2O. The first-order valence-corrected chi connectivity index (χ1v) is 8.56. The Labute approximate surface area is 141 Å². The van der Waals surface area contributed by atoms with Crippen LogP contribution in [0.1, 0.15) is 36.4 Å². The van der Waals surface area contributed by atoms with Crippen LogP contribution in [-0.2, 0) is 11.3 Å². The van der Waals surface area contributed by atoms with Gasteiger partial charge in [0.05, 0.1) is 12.2 Å². The second-order valence-corrected chi connectivity index (χ2v) is 6.96. The lowest BCUT2D eigenvalue weighted by Crippen LogP contribution is -2.34. The molecule has 0 bridgehead atoms. The Hall–Kier alpha value is -1.87. The van der Waals surface area contributed by atoms with E-state index in [0.717, 1.165) is 30.0 Å². The summed E-state index contributed by atoms with van der Waals surface area (Å²) in [4.78, 5) is 19.3. The molecule has 1 aromatic carbocycles. The number of amides is 1. The van der Waals surface area contributed by atoms with E-state index in [1.165, 1.54) is 5.56 Å². The van der Waals surface area contributed by atoms with Crippen molar-refractivity contribution < 1.29 is 4.79 Å². The minimum atomic E-state index is 0.125. The quantitative estimate of drug-likeness (QED) is 0.831. The molecule has 4 rings (SSSR count). The number of carbonyl (C=O) groups excluding carboxylic acids is 1. The smallest absolute Gasteiger partial charge is 0.226 e. The zero-order valence-electron chi connectivity index (χ0n) is 12.9. The van der Waals surface area contributed by atoms with E-state index >= 15 is 0 Å². The molecule has 0 N–H and O–H groups in total. The lowest BCUT2D eigenvalue weighted by molar-refractivity contribution is -0.134. The summed E-state index contributed by atoms with van der Waals surface area (Å²) >= 11 is 5.94. The normalized spacial score (nSPS) is 22.7. The van der Waals surface area contributed by atoms with Crippen LogP contribution in [0.2, 0.25) is 5.02 Å². The zero-order valence-corrected chi connectivity index (χ0v) is 13.6. The lowest BCUT2D eigenvalue weighted by Gasteiger charge is -2.22. The third-order valence-electron chi connectivity index (χ3n) is 4.74. The van der Waals surface area contributed by atoms with Crippen molar-refractivity contribution in [2.75, 3.05) is 0 Å². The maximum absolute atomic E-state index is 12.9. The Morgan fingerprint density at radius 2 is 1.96 bits per heavy atom. The highest BCUT2D eigenvalue weighted by molar-refractivity contribution is 6.30. The van der Waals surface area contributed by atoms with Gasteiger partial charge in [0.2, 0.25) is 5.91 Å². The molecule has 1 heterocycles. The highest BCUT2D eigenvalue weighted by atomic mass is 35.5. The van der Waals surface area contributed by atoms with Gasteiger partial charge < -0.3 is 4.90 Å². The largest absolute Gasteiger partial charge is 0.334 e. The van der Waals surface area contributed by atoms with Gasteiger partial charge in [-0.05, 0) is 55.0 Å². The molecule has 2 atom stereocenters. The molecule has 1 amide bonds. The van der Waals surface area contributed by atoms with Gasteiger partial charge in [0.15, 0.2) is 0 Å². The number of hydrogen-bond acceptors (Lipinski definition) is 2. The molecule has 2 fully saturated rings. The van der Waals surface area contributed by atoms with E-state index in [0.29, 0.717) is 18.5 Å². The monoisotopic (exact) mass is 326 g/mol. The third kappa shape index (κ3) is 3.25. The van der Waals surface area contributed by atoms with Crippen molar-refractivity contribution in [1.82, 2.24) is 9.88 Å². The molecular weight excluding hydrogens is 308 g/mol. The Bertz CT molecular complexity index is 697. The summed E-state index contributed by atoms with van der Waals surface area (Å²) in [6.45, 7) is 0.633. The Kier molecular flexibility index (Phi) is 3.82. The molecule has 4 heteroatoms. The highest BCUT2D eigenvalue weighted by Crippen LogP contribution is 2.49. The van der Waals surface area contributed by atoms with Gasteiger partial charge in [0.1, 0.15) is 0 Å². The first-order chi connectivity index (χ1) is 11.2. The van der Waals surface area contributed by atoms with Crippen molar-refractivity contribution in [2.45, 2.75) is 37.8 Å². The summed E-state index contributed by atoms with van der Waals surface area (Å²) in [5.74, 6) is 0.767. The van der Waals surface area contributed by atoms with E-state index in [1.54, 1.807) is 6.20 Å². The predicted octanol–water partition coefficient (Wildman–Crippen LogP) is 4.03. The maximum atomic E-state index is 12.9. The minimum absolute atomic E-state index is 0.125. The van der Waals surface area contributed by atoms with Crippen LogP contribution in [0.25, 0.3) is 0 Å². The molecule has 23 heavy (non-hydrogen) atoms. The summed E-state index contributed by atoms with van der Waals surface area (Å²) in [5, 5.41) is 0.743. The molecule has 3 nitrogen and oxygen atoms in total. The van der Waals surface area contributed by atoms with Crippen molar-refractivity contribution in [3.05, 3.63) is 64.9 Å². The van der Waals surface area contributed by atoms with Crippen LogP contribution < -0.4 is 0 Å². The van der Waals surface area contributed by atoms with Gasteiger partial charge >= 0.3 is 0 Å². The average molecular weight is 327 g/mol. The lowest BCUT2D eigenvalue weighted by atomic mass is 10.1. The number of nitrogens with zero attached hydrogens (tertiary/aromatic N) is 2. The highest BCUT2D eigenvalue weighted by Gasteiger charge is 2.48. The number of hydrogen-bond donors (Lipinski definition) is 0. The molecule has 118 valence electrons. The SMILES string of the molecule is O=C([C@H]1C[C@H]1c1ccc(Cl)cc1)N(Cc1ccccn1)C1CC1. The van der Waals surface area contributed by atoms with E-state index in [9.17, 15) is 4.79 Å². The third-order valence-corrected chi connectivity index (χ3v) is 4.99. The van der Waals surface area contributed by atoms with Gasteiger partial charge in [-0.3, -0.25) is 9.78 Å². The Morgan fingerprint density at radius 3 is 2.61 bits per heavy atom. The number of halogens is 1. The van der Waals surface area contributed by atoms with E-state index in [1.807, 2.05) is 47.4 Å². The Morgan fingerprint density at radius 1 is 1.17 bits per heavy atom. The van der Waals surface area contributed by atoms with E-state index in [2.05, 4.69) is 4.98 Å². The van der Waals surface area contributed by atoms with Crippen LogP contribution in [0, 0.1) is 5.92 Å². The van der Waals surface area contributed by atoms with Crippen molar-refractivity contribution >= 4 is 17.5 Å². The minimum Gasteiger partial charge on any atom is -0.334 e. The molecule has 0 saturated heterocycles. The second-order valence-electron chi connectivity index (χ2n) is 6.52. The topological polar surface area (TPSA) is 33.2 Å². The van der Waals surface area contributed by atoms with Gasteiger partial charge in [-0.1, -0.05) is 29.8 Å². The van der Waals surface area contributed by atoms with Crippen molar-refractivity contribution in [1.29, 1.82) is 0 Å². The van der Waals surface area contributed by atoms with Gasteiger partial charge in [-0.2, -0.15) is 0 Å². The van der Waals surface area contributed by atoms with Crippen LogP contribution in [-0.4, -0.2) is 21.8 Å². The van der Waals surface area contributed by atoms with E-state index in [4.69, 9.17) is 11.6 Å². The molecule has 0 unspecified atom stereocenters. The average Bonchev–Trinajstić information content (AvgIpc) is 3.47. The molecule has 2 aliphatic carbocycles. The van der Waals surface area contributed by atoms with Gasteiger partial charge in [-0.15, -0.1) is 0 Å². The number of benzene rings is 1. The van der Waals surface area contributed by atoms with Gasteiger partial charge in [-0.25, -0.2) is 0 Å². The van der Waals surface area contributed by atoms with Crippen LogP contribution in [0.4, 0.5) is 0 Å². The molecule has 2 aliphatic rings. The van der Waals surface area contributed by atoms with Crippen LogP contribution in [0.5, 0.6) is 0 Å². The summed E-state index contributed by atoms with van der Waals surface area (Å²) in [5.41, 5.74) is 2.19. The molecule has 0 aliphatic heterocycles. The molecule has 0 spiro atoms.